The molecule has 2 aliphatic heterocycles. The number of fused-ring (bicyclic) bond motifs is 1. The number of nitrogens with one attached hydrogen (secondary N) is 1. The summed E-state index contributed by atoms with van der Waals surface area (Å²) in [6.45, 7) is 0.272. The number of carbonyl (C=O) groups excluding carboxylic acids is 2. The van der Waals surface area contributed by atoms with Crippen LogP contribution in [0.2, 0.25) is 0 Å². The van der Waals surface area contributed by atoms with Gasteiger partial charge in [0, 0.05) is 17.7 Å². The molecule has 14 heteroatoms. The summed E-state index contributed by atoms with van der Waals surface area (Å²) in [7, 11) is 0. The van der Waals surface area contributed by atoms with Crippen molar-refractivity contribution >= 4 is 63.3 Å². The smallest absolute Gasteiger partial charge is 0.353 e. The summed E-state index contributed by atoms with van der Waals surface area (Å²) in [5, 5.41) is 16.8. The van der Waals surface area contributed by atoms with Crippen LogP contribution in [0.1, 0.15) is 5.69 Å². The maximum atomic E-state index is 12.7. The van der Waals surface area contributed by atoms with E-state index in [1.54, 1.807) is 0 Å². The molecule has 0 radical (unpaired) electrons. The van der Waals surface area contributed by atoms with Crippen molar-refractivity contribution in [1.82, 2.24) is 15.2 Å². The van der Waals surface area contributed by atoms with Crippen LogP contribution in [0.4, 0.5) is 5.13 Å². The summed E-state index contributed by atoms with van der Waals surface area (Å²) in [4.78, 5) is 46.5. The molecule has 0 saturated carbocycles. The predicted molar refractivity (Wildman–Crippen MR) is 104 cm³/mol. The van der Waals surface area contributed by atoms with Crippen LogP contribution < -0.4 is 16.8 Å². The van der Waals surface area contributed by atoms with Crippen molar-refractivity contribution < 1.29 is 24.3 Å². The molecule has 3 rings (SSSR count). The maximum Gasteiger partial charge on any atom is 0.353 e. The Morgan fingerprint density at radius 3 is 2.89 bits per heavy atom. The van der Waals surface area contributed by atoms with Gasteiger partial charge in [0.1, 0.15) is 29.4 Å². The first-order valence-electron chi connectivity index (χ1n) is 7.84. The van der Waals surface area contributed by atoms with Crippen LogP contribution in [-0.2, 0) is 19.2 Å². The van der Waals surface area contributed by atoms with Crippen LogP contribution in [-0.4, -0.2) is 68.8 Å². The molecule has 1 unspecified atom stereocenters. The lowest BCUT2D eigenvalue weighted by Crippen LogP contribution is -2.71. The zero-order chi connectivity index (χ0) is 20.4. The summed E-state index contributed by atoms with van der Waals surface area (Å²) >= 11 is 8.28. The van der Waals surface area contributed by atoms with E-state index in [9.17, 15) is 19.5 Å². The zero-order valence-electron chi connectivity index (χ0n) is 14.1. The minimum absolute atomic E-state index is 0.0715. The number of nitrogens with two attached hydrogens (primary N) is 2. The number of halogens is 1. The number of aliphatic carboxylic acids is 1. The number of carbonyl (C=O) groups is 3. The van der Waals surface area contributed by atoms with Crippen molar-refractivity contribution in [2.24, 2.45) is 10.9 Å². The Labute approximate surface area is 171 Å². The van der Waals surface area contributed by atoms with E-state index in [2.05, 4.69) is 15.5 Å². The third kappa shape index (κ3) is 3.78. The first-order valence-corrected chi connectivity index (χ1v) is 10.1. The topological polar surface area (TPSA) is 173 Å². The number of thioether (sulfide) groups is 1. The van der Waals surface area contributed by atoms with Gasteiger partial charge < -0.3 is 26.7 Å². The van der Waals surface area contributed by atoms with Gasteiger partial charge in [-0.3, -0.25) is 14.5 Å². The van der Waals surface area contributed by atoms with Crippen molar-refractivity contribution in [1.29, 1.82) is 0 Å². The molecule has 1 fully saturated rings. The molecule has 0 aliphatic carbocycles. The average Bonchev–Trinajstić information content (AvgIpc) is 3.08. The molecule has 1 aromatic rings. The van der Waals surface area contributed by atoms with Crippen LogP contribution in [0.25, 0.3) is 0 Å². The molecule has 3 heterocycles. The molecule has 150 valence electrons. The van der Waals surface area contributed by atoms with Gasteiger partial charge in [-0.15, -0.1) is 23.1 Å². The molecular formula is C14H15ClN6O5S2. The van der Waals surface area contributed by atoms with Crippen LogP contribution in [0.3, 0.4) is 0 Å². The fourth-order valence-corrected chi connectivity index (χ4v) is 4.65. The van der Waals surface area contributed by atoms with E-state index < -0.39 is 29.2 Å². The number of carboxylic acid groups (broad SMARTS) is 1. The number of nitrogens with zero attached hydrogens (tertiary/aromatic N) is 3. The van der Waals surface area contributed by atoms with E-state index in [1.165, 1.54) is 17.1 Å². The lowest BCUT2D eigenvalue weighted by molar-refractivity contribution is -0.150. The van der Waals surface area contributed by atoms with E-state index in [0.717, 1.165) is 16.2 Å². The molecule has 6 N–H and O–H groups in total. The van der Waals surface area contributed by atoms with Crippen LogP contribution in [0.5, 0.6) is 0 Å². The van der Waals surface area contributed by atoms with Crippen molar-refractivity contribution in [2.75, 3.05) is 24.6 Å². The molecule has 2 atom stereocenters. The minimum Gasteiger partial charge on any atom is -0.477 e. The lowest BCUT2D eigenvalue weighted by atomic mass is 10.0. The van der Waals surface area contributed by atoms with E-state index in [-0.39, 0.29) is 46.2 Å². The molecular weight excluding hydrogens is 432 g/mol. The third-order valence-corrected chi connectivity index (χ3v) is 6.18. The third-order valence-electron chi connectivity index (χ3n) is 3.76. The van der Waals surface area contributed by atoms with Crippen molar-refractivity contribution in [3.63, 3.8) is 0 Å². The number of carboxylic acids is 1. The summed E-state index contributed by atoms with van der Waals surface area (Å²) in [5.41, 5.74) is 10.7. The lowest BCUT2D eigenvalue weighted by Gasteiger charge is -2.48. The Kier molecular flexibility index (Phi) is 6.07. The number of thiazole rings is 1. The molecule has 28 heavy (non-hydrogen) atoms. The fraction of sp³-hybridized carbons (Fsp3) is 0.357. The van der Waals surface area contributed by atoms with Crippen LogP contribution in [0.15, 0.2) is 21.3 Å². The van der Waals surface area contributed by atoms with Gasteiger partial charge in [0.2, 0.25) is 0 Å². The van der Waals surface area contributed by atoms with Gasteiger partial charge in [-0.05, 0) is 0 Å². The van der Waals surface area contributed by atoms with Gasteiger partial charge in [-0.25, -0.2) is 9.78 Å². The number of anilines is 1. The Morgan fingerprint density at radius 1 is 1.54 bits per heavy atom. The van der Waals surface area contributed by atoms with Crippen LogP contribution >= 0.6 is 34.7 Å². The summed E-state index contributed by atoms with van der Waals surface area (Å²) in [6.07, 6.45) is 0. The number of oxime groups is 1. The number of nitrogen functional groups attached to an aromatic ring is 1. The molecule has 11 nitrogen and oxygen atoms in total. The van der Waals surface area contributed by atoms with Crippen molar-refractivity contribution in [3.05, 3.63) is 21.8 Å². The van der Waals surface area contributed by atoms with E-state index in [0.29, 0.717) is 0 Å². The number of hydrogen-bond donors (Lipinski definition) is 4. The largest absolute Gasteiger partial charge is 0.477 e. The molecule has 0 spiro atoms. The Bertz CT molecular complexity index is 887. The summed E-state index contributed by atoms with van der Waals surface area (Å²) < 4.78 is 0. The van der Waals surface area contributed by atoms with Gasteiger partial charge in [-0.1, -0.05) is 16.8 Å². The highest BCUT2D eigenvalue weighted by molar-refractivity contribution is 8.00. The summed E-state index contributed by atoms with van der Waals surface area (Å²) in [5.74, 6) is -2.38. The molecule has 0 bridgehead atoms. The van der Waals surface area contributed by atoms with Gasteiger partial charge in [0.25, 0.3) is 11.8 Å². The maximum absolute atomic E-state index is 12.7. The second-order valence-corrected chi connectivity index (χ2v) is 8.00. The van der Waals surface area contributed by atoms with Gasteiger partial charge in [0.15, 0.2) is 10.8 Å². The highest BCUT2D eigenvalue weighted by atomic mass is 35.5. The zero-order valence-corrected chi connectivity index (χ0v) is 16.5. The van der Waals surface area contributed by atoms with E-state index in [4.69, 9.17) is 27.9 Å². The molecule has 2 amide bonds. The van der Waals surface area contributed by atoms with Crippen LogP contribution in [0, 0.1) is 0 Å². The summed E-state index contributed by atoms with van der Waals surface area (Å²) in [6, 6.07) is -0.938. The number of aromatic nitrogens is 1. The molecule has 0 aromatic carbocycles. The number of hydrogen-bond acceptors (Lipinski definition) is 10. The Morgan fingerprint density at radius 2 is 2.29 bits per heavy atom. The van der Waals surface area contributed by atoms with E-state index >= 15 is 0 Å². The Balaban J connectivity index is 1.77. The molecule has 2 aliphatic rings. The average molecular weight is 447 g/mol. The molecule has 1 aromatic heterocycles. The predicted octanol–water partition coefficient (Wildman–Crippen LogP) is -0.660. The highest BCUT2D eigenvalue weighted by Crippen LogP contribution is 2.41. The van der Waals surface area contributed by atoms with E-state index in [1.807, 2.05) is 0 Å². The Hall–Kier alpha value is -2.35. The SMILES string of the molecule is NCCO/N=C(\C(=O)NC1C(=O)N2C(C(=O)O)=C(Cl)CS[C@H]12)c1csc(N)n1. The first kappa shape index (κ1) is 20.4. The van der Waals surface area contributed by atoms with Gasteiger partial charge >= 0.3 is 5.97 Å². The second kappa shape index (κ2) is 8.34. The van der Waals surface area contributed by atoms with Gasteiger partial charge in [0.05, 0.1) is 5.03 Å². The fourth-order valence-electron chi connectivity index (χ4n) is 2.56. The second-order valence-electron chi connectivity index (χ2n) is 5.55. The standard InChI is InChI=1S/C14H15ClN6O5S2/c15-5-3-27-12-8(11(23)21(12)9(5)13(24)25)19-10(22)7(20-26-2-1-16)6-4-28-14(17)18-6/h4,8,12H,1-3,16H2,(H2,17,18)(H,19,22)(H,24,25)/b20-7-/t8?,12-/m1/s1. The van der Waals surface area contributed by atoms with Gasteiger partial charge in [-0.2, -0.15) is 0 Å². The highest BCUT2D eigenvalue weighted by Gasteiger charge is 2.54. The first-order chi connectivity index (χ1) is 13.3. The number of amides is 2. The quantitative estimate of drug-likeness (QED) is 0.183. The normalized spacial score (nSPS) is 21.9. The van der Waals surface area contributed by atoms with Crippen molar-refractivity contribution in [2.45, 2.75) is 11.4 Å². The monoisotopic (exact) mass is 446 g/mol. The number of rotatable bonds is 7. The molecule has 1 saturated heterocycles. The number of β-lactam (4-membered cyclic amide) rings is 1. The van der Waals surface area contributed by atoms with Crippen molar-refractivity contribution in [3.8, 4) is 0 Å². The minimum atomic E-state index is -1.30.